The Morgan fingerprint density at radius 1 is 1.38 bits per heavy atom. The van der Waals surface area contributed by atoms with Gasteiger partial charge in [-0.05, 0) is 24.8 Å². The molecule has 0 aliphatic carbocycles. The summed E-state index contributed by atoms with van der Waals surface area (Å²) >= 11 is 2.02. The first-order chi connectivity index (χ1) is 7.42. The van der Waals surface area contributed by atoms with Gasteiger partial charge in [0.05, 0.1) is 7.11 Å². The van der Waals surface area contributed by atoms with Gasteiger partial charge in [0, 0.05) is 17.4 Å². The molecule has 16 heavy (non-hydrogen) atoms. The lowest BCUT2D eigenvalue weighted by Crippen LogP contribution is -2.22. The lowest BCUT2D eigenvalue weighted by atomic mass is 10.1. The zero-order chi connectivity index (χ0) is 10.5. The molecule has 2 rings (SSSR count). The third kappa shape index (κ3) is 3.30. The average molecular weight is 260 g/mol. The van der Waals surface area contributed by atoms with E-state index in [9.17, 15) is 0 Å². The fraction of sp³-hybridized carbons (Fsp3) is 0.500. The molecule has 0 aromatic heterocycles. The average Bonchev–Trinajstić information content (AvgIpc) is 2.57. The number of thioether (sulfide) groups is 1. The van der Waals surface area contributed by atoms with E-state index >= 15 is 0 Å². The van der Waals surface area contributed by atoms with Crippen LogP contribution in [-0.2, 0) is 0 Å². The summed E-state index contributed by atoms with van der Waals surface area (Å²) in [5, 5.41) is 3.57. The number of para-hydroxylation sites is 1. The molecular formula is C12H18ClNOS. The summed E-state index contributed by atoms with van der Waals surface area (Å²) in [4.78, 5) is 0. The number of nitrogens with one attached hydrogen (secondary N) is 1. The Morgan fingerprint density at radius 3 is 3.00 bits per heavy atom. The molecule has 1 fully saturated rings. The molecule has 1 aliphatic heterocycles. The molecule has 4 heteroatoms. The topological polar surface area (TPSA) is 21.3 Å². The van der Waals surface area contributed by atoms with Crippen LogP contribution >= 0.6 is 24.2 Å². The predicted octanol–water partition coefficient (Wildman–Crippen LogP) is 2.88. The Bertz CT molecular complexity index is 314. The van der Waals surface area contributed by atoms with Gasteiger partial charge in [-0.3, -0.25) is 0 Å². The van der Waals surface area contributed by atoms with Crippen molar-refractivity contribution in [1.82, 2.24) is 5.32 Å². The van der Waals surface area contributed by atoms with Crippen molar-refractivity contribution in [3.05, 3.63) is 29.8 Å². The van der Waals surface area contributed by atoms with E-state index in [1.807, 2.05) is 23.9 Å². The maximum Gasteiger partial charge on any atom is 0.123 e. The Morgan fingerprint density at radius 2 is 2.19 bits per heavy atom. The van der Waals surface area contributed by atoms with E-state index < -0.39 is 0 Å². The van der Waals surface area contributed by atoms with Crippen molar-refractivity contribution in [1.29, 1.82) is 0 Å². The molecule has 0 amide bonds. The van der Waals surface area contributed by atoms with E-state index in [0.29, 0.717) is 6.04 Å². The number of methoxy groups -OCH3 is 1. The van der Waals surface area contributed by atoms with Crippen molar-refractivity contribution in [2.24, 2.45) is 0 Å². The SMILES string of the molecule is COc1ccccc1C1CSCCCN1.Cl. The number of hydrogen-bond acceptors (Lipinski definition) is 3. The van der Waals surface area contributed by atoms with Crippen LogP contribution in [0.2, 0.25) is 0 Å². The first kappa shape index (κ1) is 13.7. The summed E-state index contributed by atoms with van der Waals surface area (Å²) < 4.78 is 5.39. The zero-order valence-electron chi connectivity index (χ0n) is 9.44. The highest BCUT2D eigenvalue weighted by Crippen LogP contribution is 2.28. The van der Waals surface area contributed by atoms with E-state index in [4.69, 9.17) is 4.74 Å². The van der Waals surface area contributed by atoms with Gasteiger partial charge in [0.1, 0.15) is 5.75 Å². The monoisotopic (exact) mass is 259 g/mol. The first-order valence-electron chi connectivity index (χ1n) is 5.36. The molecule has 1 atom stereocenters. The second-order valence-corrected chi connectivity index (χ2v) is 4.83. The van der Waals surface area contributed by atoms with E-state index in [-0.39, 0.29) is 12.4 Å². The molecule has 1 N–H and O–H groups in total. The predicted molar refractivity (Wildman–Crippen MR) is 72.9 cm³/mol. The molecule has 1 aliphatic rings. The van der Waals surface area contributed by atoms with Gasteiger partial charge in [0.25, 0.3) is 0 Å². The molecule has 90 valence electrons. The smallest absolute Gasteiger partial charge is 0.123 e. The van der Waals surface area contributed by atoms with Crippen LogP contribution in [0.5, 0.6) is 5.75 Å². The molecule has 1 aromatic rings. The highest BCUT2D eigenvalue weighted by Gasteiger charge is 2.16. The maximum absolute atomic E-state index is 5.39. The van der Waals surface area contributed by atoms with Crippen molar-refractivity contribution < 1.29 is 4.74 Å². The third-order valence-corrected chi connectivity index (χ3v) is 3.80. The van der Waals surface area contributed by atoms with Gasteiger partial charge in [0.2, 0.25) is 0 Å². The fourth-order valence-corrected chi connectivity index (χ4v) is 2.91. The summed E-state index contributed by atoms with van der Waals surface area (Å²) in [5.41, 5.74) is 1.29. The lowest BCUT2D eigenvalue weighted by molar-refractivity contribution is 0.402. The first-order valence-corrected chi connectivity index (χ1v) is 6.51. The Balaban J connectivity index is 0.00000128. The summed E-state index contributed by atoms with van der Waals surface area (Å²) in [7, 11) is 1.74. The number of hydrogen-bond donors (Lipinski definition) is 1. The van der Waals surface area contributed by atoms with Gasteiger partial charge in [-0.2, -0.15) is 11.8 Å². The van der Waals surface area contributed by atoms with Crippen LogP contribution < -0.4 is 10.1 Å². The molecule has 2 nitrogen and oxygen atoms in total. The Labute approximate surface area is 108 Å². The second-order valence-electron chi connectivity index (χ2n) is 3.68. The highest BCUT2D eigenvalue weighted by atomic mass is 35.5. The lowest BCUT2D eigenvalue weighted by Gasteiger charge is -2.18. The minimum atomic E-state index is 0. The van der Waals surface area contributed by atoms with Crippen molar-refractivity contribution in [2.75, 3.05) is 25.2 Å². The molecule has 1 saturated heterocycles. The molecule has 1 heterocycles. The number of benzene rings is 1. The molecule has 1 aromatic carbocycles. The summed E-state index contributed by atoms with van der Waals surface area (Å²) in [5.74, 6) is 3.40. The van der Waals surface area contributed by atoms with Crippen molar-refractivity contribution in [3.63, 3.8) is 0 Å². The molecule has 0 saturated carbocycles. The standard InChI is InChI=1S/C12H17NOS.ClH/c1-14-12-6-3-2-5-10(12)11-9-15-8-4-7-13-11;/h2-3,5-6,11,13H,4,7-9H2,1H3;1H. The van der Waals surface area contributed by atoms with E-state index in [0.717, 1.165) is 18.0 Å². The van der Waals surface area contributed by atoms with Gasteiger partial charge in [0.15, 0.2) is 0 Å². The Kier molecular flexibility index (Phi) is 6.03. The Hall–Kier alpha value is -0.380. The quantitative estimate of drug-likeness (QED) is 0.883. The number of ether oxygens (including phenoxy) is 1. The van der Waals surface area contributed by atoms with Crippen LogP contribution in [0.3, 0.4) is 0 Å². The minimum absolute atomic E-state index is 0. The van der Waals surface area contributed by atoms with E-state index in [2.05, 4.69) is 17.4 Å². The van der Waals surface area contributed by atoms with Gasteiger partial charge in [-0.1, -0.05) is 18.2 Å². The highest BCUT2D eigenvalue weighted by molar-refractivity contribution is 7.99. The van der Waals surface area contributed by atoms with Crippen LogP contribution in [-0.4, -0.2) is 25.2 Å². The van der Waals surface area contributed by atoms with E-state index in [1.165, 1.54) is 17.7 Å². The van der Waals surface area contributed by atoms with Crippen LogP contribution in [0.25, 0.3) is 0 Å². The van der Waals surface area contributed by atoms with Crippen LogP contribution in [0.15, 0.2) is 24.3 Å². The number of halogens is 1. The number of rotatable bonds is 2. The largest absolute Gasteiger partial charge is 0.496 e. The molecule has 0 spiro atoms. The van der Waals surface area contributed by atoms with Crippen LogP contribution in [0.1, 0.15) is 18.0 Å². The van der Waals surface area contributed by atoms with Crippen LogP contribution in [0.4, 0.5) is 0 Å². The van der Waals surface area contributed by atoms with E-state index in [1.54, 1.807) is 7.11 Å². The van der Waals surface area contributed by atoms with Gasteiger partial charge >= 0.3 is 0 Å². The molecule has 1 unspecified atom stereocenters. The summed E-state index contributed by atoms with van der Waals surface area (Å²) in [6, 6.07) is 8.73. The maximum atomic E-state index is 5.39. The summed E-state index contributed by atoms with van der Waals surface area (Å²) in [6.45, 7) is 1.11. The van der Waals surface area contributed by atoms with Crippen molar-refractivity contribution >= 4 is 24.2 Å². The molecular weight excluding hydrogens is 242 g/mol. The van der Waals surface area contributed by atoms with Gasteiger partial charge in [-0.15, -0.1) is 12.4 Å². The van der Waals surface area contributed by atoms with Crippen molar-refractivity contribution in [2.45, 2.75) is 12.5 Å². The molecule has 0 radical (unpaired) electrons. The third-order valence-electron chi connectivity index (χ3n) is 2.66. The van der Waals surface area contributed by atoms with Crippen LogP contribution in [0, 0.1) is 0 Å². The second kappa shape index (κ2) is 7.05. The zero-order valence-corrected chi connectivity index (χ0v) is 11.1. The van der Waals surface area contributed by atoms with Gasteiger partial charge in [-0.25, -0.2) is 0 Å². The summed E-state index contributed by atoms with van der Waals surface area (Å²) in [6.07, 6.45) is 1.26. The minimum Gasteiger partial charge on any atom is -0.496 e. The van der Waals surface area contributed by atoms with Crippen molar-refractivity contribution in [3.8, 4) is 5.75 Å². The van der Waals surface area contributed by atoms with Gasteiger partial charge < -0.3 is 10.1 Å². The normalized spacial score (nSPS) is 20.7. The molecule has 0 bridgehead atoms. The fourth-order valence-electron chi connectivity index (χ4n) is 1.86.